The van der Waals surface area contributed by atoms with Crippen LogP contribution in [0.2, 0.25) is 0 Å². The Kier molecular flexibility index (Phi) is 3.18. The maximum atomic E-state index is 12.3. The first kappa shape index (κ1) is 13.1. The Labute approximate surface area is 115 Å². The van der Waals surface area contributed by atoms with Crippen molar-refractivity contribution in [1.82, 2.24) is 0 Å². The normalized spacial score (nSPS) is 33.8. The smallest absolute Gasteiger partial charge is 0.263 e. The molecule has 2 bridgehead atoms. The van der Waals surface area contributed by atoms with E-state index in [-0.39, 0.29) is 11.0 Å². The summed E-state index contributed by atoms with van der Waals surface area (Å²) in [7, 11) is -3.61. The van der Waals surface area contributed by atoms with E-state index < -0.39 is 10.1 Å². The molecule has 104 valence electrons. The Balaban J connectivity index is 1.77. The Bertz CT molecular complexity index is 562. The van der Waals surface area contributed by atoms with E-state index in [0.29, 0.717) is 17.8 Å². The molecule has 1 aromatic rings. The molecule has 3 rings (SSSR count). The molecule has 2 fully saturated rings. The molecule has 0 radical (unpaired) electrons. The van der Waals surface area contributed by atoms with Gasteiger partial charge in [0.1, 0.15) is 0 Å². The summed E-state index contributed by atoms with van der Waals surface area (Å²) >= 11 is 0. The fourth-order valence-electron chi connectivity index (χ4n) is 3.66. The zero-order valence-electron chi connectivity index (χ0n) is 11.4. The van der Waals surface area contributed by atoms with Crippen molar-refractivity contribution in [2.24, 2.45) is 17.8 Å². The minimum Gasteiger partial charge on any atom is -0.263 e. The number of fused-ring (bicyclic) bond motifs is 2. The zero-order chi connectivity index (χ0) is 13.6. The zero-order valence-corrected chi connectivity index (χ0v) is 12.2. The van der Waals surface area contributed by atoms with Crippen LogP contribution in [0.25, 0.3) is 0 Å². The lowest BCUT2D eigenvalue weighted by Crippen LogP contribution is -2.28. The predicted octanol–water partition coefficient (Wildman–Crippen LogP) is 3.13. The maximum absolute atomic E-state index is 12.3. The average Bonchev–Trinajstić information content (AvgIpc) is 2.87. The summed E-state index contributed by atoms with van der Waals surface area (Å²) in [5.41, 5.74) is 1.05. The van der Waals surface area contributed by atoms with Crippen LogP contribution in [0.5, 0.6) is 0 Å². The quantitative estimate of drug-likeness (QED) is 0.799. The van der Waals surface area contributed by atoms with Gasteiger partial charge in [-0.15, -0.1) is 0 Å². The lowest BCUT2D eigenvalue weighted by Gasteiger charge is -2.26. The summed E-state index contributed by atoms with van der Waals surface area (Å²) < 4.78 is 30.0. The molecule has 1 aromatic carbocycles. The summed E-state index contributed by atoms with van der Waals surface area (Å²) in [6.07, 6.45) is 3.16. The van der Waals surface area contributed by atoms with E-state index in [1.165, 1.54) is 6.42 Å². The van der Waals surface area contributed by atoms with E-state index in [1.807, 2.05) is 6.92 Å². The van der Waals surface area contributed by atoms with Crippen molar-refractivity contribution in [2.45, 2.75) is 44.1 Å². The average molecular weight is 280 g/mol. The van der Waals surface area contributed by atoms with Crippen molar-refractivity contribution in [3.8, 4) is 0 Å². The molecule has 4 heteroatoms. The lowest BCUT2D eigenvalue weighted by molar-refractivity contribution is 0.116. The van der Waals surface area contributed by atoms with Crippen LogP contribution in [0.1, 0.15) is 31.7 Å². The third-order valence-corrected chi connectivity index (χ3v) is 5.99. The second-order valence-electron chi connectivity index (χ2n) is 6.12. The van der Waals surface area contributed by atoms with Gasteiger partial charge in [0.15, 0.2) is 0 Å². The highest BCUT2D eigenvalue weighted by molar-refractivity contribution is 7.86. The fourth-order valence-corrected chi connectivity index (χ4v) is 4.79. The molecule has 0 aliphatic heterocycles. The molecule has 0 aromatic heterocycles. The number of hydrogen-bond acceptors (Lipinski definition) is 3. The van der Waals surface area contributed by atoms with Crippen LogP contribution in [0.3, 0.4) is 0 Å². The summed E-state index contributed by atoms with van der Waals surface area (Å²) in [5.74, 6) is 1.68. The number of aryl methyl sites for hydroxylation is 1. The molecule has 0 saturated heterocycles. The minimum atomic E-state index is -3.61. The maximum Gasteiger partial charge on any atom is 0.297 e. The highest BCUT2D eigenvalue weighted by Gasteiger charge is 2.46. The van der Waals surface area contributed by atoms with Crippen molar-refractivity contribution in [3.05, 3.63) is 29.8 Å². The Morgan fingerprint density at radius 1 is 1.11 bits per heavy atom. The molecule has 2 aliphatic rings. The van der Waals surface area contributed by atoms with Gasteiger partial charge in [-0.3, -0.25) is 4.18 Å². The molecule has 3 nitrogen and oxygen atoms in total. The second-order valence-corrected chi connectivity index (χ2v) is 7.69. The topological polar surface area (TPSA) is 43.4 Å². The van der Waals surface area contributed by atoms with E-state index in [4.69, 9.17) is 4.18 Å². The Morgan fingerprint density at radius 2 is 1.79 bits per heavy atom. The van der Waals surface area contributed by atoms with Gasteiger partial charge < -0.3 is 0 Å². The first-order valence-corrected chi connectivity index (χ1v) is 8.36. The van der Waals surface area contributed by atoms with Gasteiger partial charge in [-0.25, -0.2) is 0 Å². The van der Waals surface area contributed by atoms with E-state index in [2.05, 4.69) is 6.92 Å². The van der Waals surface area contributed by atoms with E-state index in [1.54, 1.807) is 24.3 Å². The summed E-state index contributed by atoms with van der Waals surface area (Å²) in [6, 6.07) is 6.86. The van der Waals surface area contributed by atoms with Crippen LogP contribution < -0.4 is 0 Å². The number of hydrogen-bond donors (Lipinski definition) is 0. The monoisotopic (exact) mass is 280 g/mol. The van der Waals surface area contributed by atoms with E-state index in [9.17, 15) is 8.42 Å². The van der Waals surface area contributed by atoms with Crippen LogP contribution in [0, 0.1) is 24.7 Å². The van der Waals surface area contributed by atoms with Gasteiger partial charge in [-0.1, -0.05) is 24.6 Å². The van der Waals surface area contributed by atoms with Crippen molar-refractivity contribution < 1.29 is 12.6 Å². The Morgan fingerprint density at radius 3 is 2.37 bits per heavy atom. The van der Waals surface area contributed by atoms with Gasteiger partial charge in [0.2, 0.25) is 0 Å². The largest absolute Gasteiger partial charge is 0.297 e. The van der Waals surface area contributed by atoms with Crippen molar-refractivity contribution in [3.63, 3.8) is 0 Å². The van der Waals surface area contributed by atoms with Gasteiger partial charge in [0.25, 0.3) is 10.1 Å². The van der Waals surface area contributed by atoms with Gasteiger partial charge in [0, 0.05) is 0 Å². The molecular formula is C15H20O3S. The summed E-state index contributed by atoms with van der Waals surface area (Å²) in [6.45, 7) is 4.15. The molecule has 2 saturated carbocycles. The van der Waals surface area contributed by atoms with Gasteiger partial charge in [-0.05, 0) is 56.1 Å². The second kappa shape index (κ2) is 4.60. The molecule has 0 spiro atoms. The third-order valence-electron chi connectivity index (χ3n) is 4.64. The van der Waals surface area contributed by atoms with E-state index >= 15 is 0 Å². The van der Waals surface area contributed by atoms with Crippen LogP contribution in [0.4, 0.5) is 0 Å². The standard InChI is InChI=1S/C15H20O3S/c1-10-3-5-13(6-4-10)19(16,17)18-15-9-12-7-11(2)14(15)8-12/h3-6,11-12,14-15H,7-9H2,1-2H3/t11-,12+,14+,15+/m1/s1. The first-order chi connectivity index (χ1) is 8.95. The molecule has 19 heavy (non-hydrogen) atoms. The fraction of sp³-hybridized carbons (Fsp3) is 0.600. The lowest BCUT2D eigenvalue weighted by atomic mass is 9.88. The summed E-state index contributed by atoms with van der Waals surface area (Å²) in [5, 5.41) is 0. The van der Waals surface area contributed by atoms with Crippen LogP contribution in [-0.2, 0) is 14.3 Å². The van der Waals surface area contributed by atoms with Gasteiger partial charge in [0.05, 0.1) is 11.0 Å². The highest BCUT2D eigenvalue weighted by atomic mass is 32.2. The molecule has 0 N–H and O–H groups in total. The molecule has 0 amide bonds. The number of benzene rings is 1. The first-order valence-electron chi connectivity index (χ1n) is 6.95. The molecular weight excluding hydrogens is 260 g/mol. The van der Waals surface area contributed by atoms with Crippen molar-refractivity contribution in [1.29, 1.82) is 0 Å². The van der Waals surface area contributed by atoms with Gasteiger partial charge in [-0.2, -0.15) is 8.42 Å². The molecule has 0 heterocycles. The third kappa shape index (κ3) is 2.43. The van der Waals surface area contributed by atoms with Gasteiger partial charge >= 0.3 is 0 Å². The molecule has 0 unspecified atom stereocenters. The van der Waals surface area contributed by atoms with E-state index in [0.717, 1.165) is 18.4 Å². The number of rotatable bonds is 3. The Hall–Kier alpha value is -0.870. The minimum absolute atomic E-state index is 0.111. The summed E-state index contributed by atoms with van der Waals surface area (Å²) in [4.78, 5) is 0.272. The van der Waals surface area contributed by atoms with Crippen LogP contribution in [-0.4, -0.2) is 14.5 Å². The SMILES string of the molecule is Cc1ccc(S(=O)(=O)O[C@H]2C[C@@H]3C[C@H]2[C@H](C)C3)cc1. The van der Waals surface area contributed by atoms with Crippen molar-refractivity contribution >= 4 is 10.1 Å². The van der Waals surface area contributed by atoms with Crippen molar-refractivity contribution in [2.75, 3.05) is 0 Å². The predicted molar refractivity (Wildman–Crippen MR) is 73.2 cm³/mol. The molecule has 4 atom stereocenters. The molecule has 2 aliphatic carbocycles. The highest BCUT2D eigenvalue weighted by Crippen LogP contribution is 2.50. The van der Waals surface area contributed by atoms with Crippen LogP contribution in [0.15, 0.2) is 29.2 Å². The van der Waals surface area contributed by atoms with Crippen LogP contribution >= 0.6 is 0 Å².